The molecule has 0 aromatic heterocycles. The molecule has 1 heterocycles. The molecular weight excluding hydrogens is 545 g/mol. The summed E-state index contributed by atoms with van der Waals surface area (Å²) in [5, 5.41) is 0. The molecule has 0 aromatic carbocycles. The summed E-state index contributed by atoms with van der Waals surface area (Å²) in [6.45, 7) is 10.8. The van der Waals surface area contributed by atoms with Gasteiger partial charge < -0.3 is 18.4 Å². The molecule has 1 aliphatic heterocycles. The molecular formula is C26H41F3O9S. The highest BCUT2D eigenvalue weighted by Crippen LogP contribution is 2.44. The van der Waals surface area contributed by atoms with Crippen LogP contribution in [0, 0.1) is 22.7 Å². The van der Waals surface area contributed by atoms with Crippen LogP contribution in [0.1, 0.15) is 79.6 Å². The first-order chi connectivity index (χ1) is 18.0. The smallest absolute Gasteiger partial charge is 0.467 e. The van der Waals surface area contributed by atoms with Crippen LogP contribution in [0.3, 0.4) is 0 Å². The van der Waals surface area contributed by atoms with Crippen molar-refractivity contribution in [2.45, 2.75) is 91.2 Å². The molecule has 0 radical (unpaired) electrons. The number of hydrogen-bond acceptors (Lipinski definition) is 9. The third-order valence-electron chi connectivity index (χ3n) is 7.89. The highest BCUT2D eigenvalue weighted by Gasteiger charge is 2.51. The van der Waals surface area contributed by atoms with Crippen molar-refractivity contribution >= 4 is 28.8 Å². The van der Waals surface area contributed by atoms with Crippen molar-refractivity contribution in [2.75, 3.05) is 19.8 Å². The van der Waals surface area contributed by atoms with Gasteiger partial charge in [-0.25, -0.2) is 0 Å². The third kappa shape index (κ3) is 9.77. The maximum Gasteiger partial charge on any atom is 0.534 e. The molecule has 3 aliphatic rings. The van der Waals surface area contributed by atoms with Gasteiger partial charge in [0.05, 0.1) is 16.9 Å². The van der Waals surface area contributed by atoms with Crippen molar-refractivity contribution in [3.63, 3.8) is 0 Å². The molecule has 2 fully saturated rings. The second-order valence-electron chi connectivity index (χ2n) is 10.7. The van der Waals surface area contributed by atoms with Gasteiger partial charge >= 0.3 is 15.6 Å². The number of carbonyl (C=O) groups is 3. The largest absolute Gasteiger partial charge is 0.534 e. The molecule has 1 saturated carbocycles. The monoisotopic (exact) mass is 586 g/mol. The Balaban J connectivity index is 0.000000338. The van der Waals surface area contributed by atoms with E-state index in [1.807, 2.05) is 13.8 Å². The quantitative estimate of drug-likeness (QED) is 0.218. The summed E-state index contributed by atoms with van der Waals surface area (Å²) in [6, 6.07) is 0. The predicted octanol–water partition coefficient (Wildman–Crippen LogP) is 5.09. The van der Waals surface area contributed by atoms with Crippen molar-refractivity contribution in [1.29, 1.82) is 0 Å². The Labute approximate surface area is 228 Å². The second-order valence-corrected chi connectivity index (χ2v) is 12.3. The standard InChI is InChI=1S/C11H15F3O5S.C10H16O3.C5H10O/c1-8-4-3-5-9(10(8,2)6-18-7-15)19-20(16,17)11(12,13)14;1-8-4-3-5-9(12)10(8,2)6-13-7-11;1-5-3-2-4-6-5/h5,7-8H,3-4,6H2,1-2H3;7-8H,3-6H2,1-2H3;5H,2-4H2,1H3/t2*8-,10-;/m11./s1. The first-order valence-corrected chi connectivity index (χ1v) is 14.4. The molecule has 1 saturated heterocycles. The summed E-state index contributed by atoms with van der Waals surface area (Å²) in [5.74, 6) is 0.00288. The van der Waals surface area contributed by atoms with E-state index in [1.54, 1.807) is 6.92 Å². The fourth-order valence-corrected chi connectivity index (χ4v) is 5.18. The summed E-state index contributed by atoms with van der Waals surface area (Å²) in [5.41, 5.74) is -7.06. The van der Waals surface area contributed by atoms with E-state index in [4.69, 9.17) is 9.47 Å². The lowest BCUT2D eigenvalue weighted by molar-refractivity contribution is -0.144. The summed E-state index contributed by atoms with van der Waals surface area (Å²) in [7, 11) is -5.73. The van der Waals surface area contributed by atoms with Gasteiger partial charge in [-0.2, -0.15) is 21.6 Å². The molecule has 39 heavy (non-hydrogen) atoms. The Morgan fingerprint density at radius 2 is 1.54 bits per heavy atom. The Morgan fingerprint density at radius 3 is 1.97 bits per heavy atom. The van der Waals surface area contributed by atoms with Crippen molar-refractivity contribution in [3.05, 3.63) is 11.8 Å². The minimum Gasteiger partial charge on any atom is -0.467 e. The molecule has 0 N–H and O–H groups in total. The molecule has 0 aromatic rings. The van der Waals surface area contributed by atoms with E-state index in [0.717, 1.165) is 19.4 Å². The van der Waals surface area contributed by atoms with Crippen LogP contribution >= 0.6 is 0 Å². The van der Waals surface area contributed by atoms with Gasteiger partial charge in [0.25, 0.3) is 12.9 Å². The minimum absolute atomic E-state index is 0.155. The van der Waals surface area contributed by atoms with Gasteiger partial charge in [0.2, 0.25) is 0 Å². The topological polar surface area (TPSA) is 122 Å². The molecule has 13 heteroatoms. The molecule has 0 amide bonds. The molecule has 9 nitrogen and oxygen atoms in total. The number of hydrogen-bond donors (Lipinski definition) is 0. The van der Waals surface area contributed by atoms with Crippen LogP contribution in [0.2, 0.25) is 0 Å². The lowest BCUT2D eigenvalue weighted by Crippen LogP contribution is -2.41. The normalized spacial score (nSPS) is 30.9. The van der Waals surface area contributed by atoms with E-state index in [2.05, 4.69) is 15.8 Å². The number of allylic oxidation sites excluding steroid dienone is 1. The van der Waals surface area contributed by atoms with Crippen molar-refractivity contribution in [2.24, 2.45) is 22.7 Å². The van der Waals surface area contributed by atoms with Crippen LogP contribution in [-0.2, 0) is 42.9 Å². The van der Waals surface area contributed by atoms with Crippen LogP contribution in [0.4, 0.5) is 13.2 Å². The Hall–Kier alpha value is -2.15. The van der Waals surface area contributed by atoms with Crippen molar-refractivity contribution in [3.8, 4) is 0 Å². The van der Waals surface area contributed by atoms with Crippen molar-refractivity contribution in [1.82, 2.24) is 0 Å². The fourth-order valence-electron chi connectivity index (χ4n) is 4.59. The van der Waals surface area contributed by atoms with Gasteiger partial charge in [-0.05, 0) is 77.2 Å². The van der Waals surface area contributed by atoms with Gasteiger partial charge in [-0.15, -0.1) is 0 Å². The van der Waals surface area contributed by atoms with E-state index in [-0.39, 0.29) is 37.1 Å². The highest BCUT2D eigenvalue weighted by molar-refractivity contribution is 7.87. The molecule has 0 spiro atoms. The predicted molar refractivity (Wildman–Crippen MR) is 135 cm³/mol. The third-order valence-corrected chi connectivity index (χ3v) is 8.85. The van der Waals surface area contributed by atoms with Gasteiger partial charge in [-0.1, -0.05) is 13.8 Å². The average Bonchev–Trinajstić information content (AvgIpc) is 3.34. The number of carbonyl (C=O) groups excluding carboxylic acids is 3. The molecule has 3 rings (SSSR count). The summed E-state index contributed by atoms with van der Waals surface area (Å²) >= 11 is 0. The number of rotatable bonds is 8. The van der Waals surface area contributed by atoms with Gasteiger partial charge in [0.1, 0.15) is 24.8 Å². The maximum absolute atomic E-state index is 12.4. The average molecular weight is 587 g/mol. The lowest BCUT2D eigenvalue weighted by Gasteiger charge is -2.38. The number of alkyl halides is 3. The molecule has 5 atom stereocenters. The van der Waals surface area contributed by atoms with Crippen molar-refractivity contribution < 1.29 is 54.4 Å². The SMILES string of the molecule is CC1CCCO1.C[C@@H]1CCC=C(OS(=O)(=O)C(F)(F)F)[C@]1(C)COC=O.C[C@@H]1CCCC(=O)[C@]1(C)COC=O. The van der Waals surface area contributed by atoms with Crippen LogP contribution in [0.5, 0.6) is 0 Å². The Morgan fingerprint density at radius 1 is 0.974 bits per heavy atom. The first kappa shape index (κ1) is 34.9. The van der Waals surface area contributed by atoms with Crippen LogP contribution in [0.15, 0.2) is 11.8 Å². The molecule has 0 bridgehead atoms. The van der Waals surface area contributed by atoms with Crippen LogP contribution in [0.25, 0.3) is 0 Å². The number of Topliss-reactive ketones (excluding diaryl/α,β-unsaturated/α-hetero) is 1. The molecule has 2 aliphatic carbocycles. The summed E-state index contributed by atoms with van der Waals surface area (Å²) < 4.78 is 78.0. The highest BCUT2D eigenvalue weighted by atomic mass is 32.2. The molecule has 1 unspecified atom stereocenters. The van der Waals surface area contributed by atoms with E-state index in [0.29, 0.717) is 37.8 Å². The zero-order valence-electron chi connectivity index (χ0n) is 23.3. The van der Waals surface area contributed by atoms with E-state index >= 15 is 0 Å². The Kier molecular flexibility index (Phi) is 13.4. The number of ether oxygens (including phenoxy) is 3. The minimum atomic E-state index is -5.73. The van der Waals surface area contributed by atoms with Gasteiger partial charge in [-0.3, -0.25) is 14.4 Å². The number of ketones is 1. The van der Waals surface area contributed by atoms with E-state index in [1.165, 1.54) is 25.8 Å². The maximum atomic E-state index is 12.4. The van der Waals surface area contributed by atoms with Gasteiger partial charge in [0.15, 0.2) is 0 Å². The van der Waals surface area contributed by atoms with Crippen LogP contribution in [-0.4, -0.2) is 58.6 Å². The summed E-state index contributed by atoms with van der Waals surface area (Å²) in [4.78, 5) is 32.0. The Bertz CT molecular complexity index is 945. The summed E-state index contributed by atoms with van der Waals surface area (Å²) in [6.07, 6.45) is 8.02. The zero-order chi connectivity index (χ0) is 29.9. The molecule has 226 valence electrons. The van der Waals surface area contributed by atoms with Crippen LogP contribution < -0.4 is 0 Å². The first-order valence-electron chi connectivity index (χ1n) is 13.0. The zero-order valence-corrected chi connectivity index (χ0v) is 24.1. The van der Waals surface area contributed by atoms with E-state index < -0.39 is 26.5 Å². The second kappa shape index (κ2) is 15.0. The number of halogens is 3. The van der Waals surface area contributed by atoms with Gasteiger partial charge in [0, 0.05) is 13.0 Å². The lowest BCUT2D eigenvalue weighted by atomic mass is 9.68. The van der Waals surface area contributed by atoms with E-state index in [9.17, 15) is 36.0 Å². The fraction of sp³-hybridized carbons (Fsp3) is 0.808.